The first-order valence-corrected chi connectivity index (χ1v) is 8.26. The molecule has 1 amide bonds. The zero-order valence-corrected chi connectivity index (χ0v) is 14.0. The third kappa shape index (κ3) is 6.30. The molecule has 0 atom stereocenters. The van der Waals surface area contributed by atoms with Crippen molar-refractivity contribution in [1.29, 1.82) is 0 Å². The molecule has 128 valence electrons. The van der Waals surface area contributed by atoms with Crippen LogP contribution in [0, 0.1) is 0 Å². The molecular weight excluding hydrogens is 294 g/mol. The Morgan fingerprint density at radius 1 is 1.09 bits per heavy atom. The molecule has 1 aromatic carbocycles. The van der Waals surface area contributed by atoms with Crippen molar-refractivity contribution in [1.82, 2.24) is 5.32 Å². The maximum absolute atomic E-state index is 12.1. The van der Waals surface area contributed by atoms with Crippen LogP contribution in [0.1, 0.15) is 57.9 Å². The highest BCUT2D eigenvalue weighted by Gasteiger charge is 2.39. The van der Waals surface area contributed by atoms with Gasteiger partial charge in [0.2, 0.25) is 0 Å². The van der Waals surface area contributed by atoms with E-state index in [1.165, 1.54) is 0 Å². The number of nitrogens with one attached hydrogen (secondary N) is 1. The number of aliphatic carboxylic acids is 1. The predicted octanol–water partition coefficient (Wildman–Crippen LogP) is 4.12. The Kier molecular flexibility index (Phi) is 8.16. The first-order valence-electron chi connectivity index (χ1n) is 8.26. The van der Waals surface area contributed by atoms with Crippen LogP contribution < -0.4 is 5.32 Å². The summed E-state index contributed by atoms with van der Waals surface area (Å²) in [4.78, 5) is 23.8. The normalized spacial score (nSPS) is 11.0. The summed E-state index contributed by atoms with van der Waals surface area (Å²) in [6.07, 6.45) is 3.40. The van der Waals surface area contributed by atoms with E-state index < -0.39 is 17.6 Å². The smallest absolute Gasteiger partial charge is 0.408 e. The minimum atomic E-state index is -1.24. The number of carboxylic acids is 1. The highest BCUT2D eigenvalue weighted by molar-refractivity contribution is 5.84. The van der Waals surface area contributed by atoms with Gasteiger partial charge in [0, 0.05) is 0 Å². The third-order valence-electron chi connectivity index (χ3n) is 3.88. The number of unbranched alkanes of at least 4 members (excludes halogenated alkanes) is 2. The van der Waals surface area contributed by atoms with Gasteiger partial charge in [0.05, 0.1) is 0 Å². The largest absolute Gasteiger partial charge is 0.480 e. The second-order valence-electron chi connectivity index (χ2n) is 5.78. The summed E-state index contributed by atoms with van der Waals surface area (Å²) < 4.78 is 5.18. The van der Waals surface area contributed by atoms with Gasteiger partial charge in [-0.15, -0.1) is 0 Å². The van der Waals surface area contributed by atoms with Crippen molar-refractivity contribution in [3.8, 4) is 0 Å². The van der Waals surface area contributed by atoms with E-state index in [1.807, 2.05) is 44.2 Å². The van der Waals surface area contributed by atoms with E-state index in [2.05, 4.69) is 5.32 Å². The average Bonchev–Trinajstić information content (AvgIpc) is 2.56. The monoisotopic (exact) mass is 321 g/mol. The fourth-order valence-electron chi connectivity index (χ4n) is 2.43. The molecule has 0 unspecified atom stereocenters. The molecule has 0 radical (unpaired) electrons. The Morgan fingerprint density at radius 2 is 1.65 bits per heavy atom. The Hall–Kier alpha value is -2.04. The molecule has 0 aliphatic carbocycles. The van der Waals surface area contributed by atoms with E-state index in [0.717, 1.165) is 31.2 Å². The van der Waals surface area contributed by atoms with E-state index in [9.17, 15) is 14.7 Å². The van der Waals surface area contributed by atoms with E-state index in [0.29, 0.717) is 12.8 Å². The van der Waals surface area contributed by atoms with Gasteiger partial charge in [0.25, 0.3) is 0 Å². The summed E-state index contributed by atoms with van der Waals surface area (Å²) in [6.45, 7) is 4.13. The number of hydrogen-bond donors (Lipinski definition) is 2. The summed E-state index contributed by atoms with van der Waals surface area (Å²) in [5.74, 6) is -0.990. The predicted molar refractivity (Wildman–Crippen MR) is 89.2 cm³/mol. The molecule has 0 aliphatic heterocycles. The van der Waals surface area contributed by atoms with E-state index >= 15 is 0 Å². The topological polar surface area (TPSA) is 75.6 Å². The van der Waals surface area contributed by atoms with Crippen LogP contribution in [-0.2, 0) is 16.1 Å². The fraction of sp³-hybridized carbons (Fsp3) is 0.556. The number of rotatable bonds is 10. The summed E-state index contributed by atoms with van der Waals surface area (Å²) in [5.41, 5.74) is -0.370. The Bertz CT molecular complexity index is 479. The number of carbonyl (C=O) groups is 2. The van der Waals surface area contributed by atoms with Crippen molar-refractivity contribution in [2.24, 2.45) is 0 Å². The van der Waals surface area contributed by atoms with Gasteiger partial charge in [-0.25, -0.2) is 9.59 Å². The maximum atomic E-state index is 12.1. The van der Waals surface area contributed by atoms with Crippen LogP contribution in [-0.4, -0.2) is 22.7 Å². The molecule has 23 heavy (non-hydrogen) atoms. The number of carboxylic acid groups (broad SMARTS) is 1. The molecule has 2 N–H and O–H groups in total. The molecule has 0 spiro atoms. The molecule has 0 heterocycles. The summed E-state index contributed by atoms with van der Waals surface area (Å²) in [7, 11) is 0. The SMILES string of the molecule is CCCCC(CCCC)(NC(=O)OCc1ccccc1)C(=O)O. The Balaban J connectivity index is 2.69. The zero-order valence-electron chi connectivity index (χ0n) is 14.0. The van der Waals surface area contributed by atoms with Crippen molar-refractivity contribution in [3.05, 3.63) is 35.9 Å². The molecule has 5 heteroatoms. The lowest BCUT2D eigenvalue weighted by Crippen LogP contribution is -2.54. The molecule has 0 fully saturated rings. The van der Waals surface area contributed by atoms with Crippen molar-refractivity contribution in [3.63, 3.8) is 0 Å². The molecule has 0 saturated heterocycles. The lowest BCUT2D eigenvalue weighted by molar-refractivity contribution is -0.145. The second-order valence-corrected chi connectivity index (χ2v) is 5.78. The quantitative estimate of drug-likeness (QED) is 0.680. The molecule has 1 rings (SSSR count). The summed E-state index contributed by atoms with van der Waals surface area (Å²) in [6, 6.07) is 9.31. The van der Waals surface area contributed by atoms with Crippen molar-refractivity contribution < 1.29 is 19.4 Å². The van der Waals surface area contributed by atoms with Gasteiger partial charge in [-0.2, -0.15) is 0 Å². The molecule has 0 aromatic heterocycles. The molecule has 5 nitrogen and oxygen atoms in total. The van der Waals surface area contributed by atoms with Gasteiger partial charge in [0.1, 0.15) is 12.1 Å². The Labute approximate surface area is 138 Å². The van der Waals surface area contributed by atoms with Crippen LogP contribution in [0.15, 0.2) is 30.3 Å². The van der Waals surface area contributed by atoms with E-state index in [-0.39, 0.29) is 6.61 Å². The maximum Gasteiger partial charge on any atom is 0.408 e. The number of alkyl carbamates (subject to hydrolysis) is 1. The van der Waals surface area contributed by atoms with Crippen molar-refractivity contribution in [2.75, 3.05) is 0 Å². The minimum Gasteiger partial charge on any atom is -0.480 e. The van der Waals surface area contributed by atoms with Gasteiger partial charge in [-0.1, -0.05) is 69.9 Å². The first kappa shape index (κ1) is 19.0. The number of ether oxygens (including phenoxy) is 1. The van der Waals surface area contributed by atoms with Crippen LogP contribution in [0.25, 0.3) is 0 Å². The van der Waals surface area contributed by atoms with Crippen LogP contribution >= 0.6 is 0 Å². The second kappa shape index (κ2) is 9.87. The van der Waals surface area contributed by atoms with Crippen molar-refractivity contribution >= 4 is 12.1 Å². The van der Waals surface area contributed by atoms with Gasteiger partial charge in [0.15, 0.2) is 0 Å². The molecule has 0 bridgehead atoms. The highest BCUT2D eigenvalue weighted by Crippen LogP contribution is 2.22. The number of benzene rings is 1. The van der Waals surface area contributed by atoms with E-state index in [1.54, 1.807) is 0 Å². The summed E-state index contributed by atoms with van der Waals surface area (Å²) >= 11 is 0. The minimum absolute atomic E-state index is 0.129. The van der Waals surface area contributed by atoms with Crippen LogP contribution in [0.5, 0.6) is 0 Å². The van der Waals surface area contributed by atoms with E-state index in [4.69, 9.17) is 4.74 Å². The molecule has 0 saturated carbocycles. The van der Waals surface area contributed by atoms with Crippen LogP contribution in [0.3, 0.4) is 0 Å². The lowest BCUT2D eigenvalue weighted by atomic mass is 9.87. The lowest BCUT2D eigenvalue weighted by Gasteiger charge is -2.30. The first-order chi connectivity index (χ1) is 11.0. The number of amides is 1. The van der Waals surface area contributed by atoms with Crippen LogP contribution in [0.2, 0.25) is 0 Å². The fourth-order valence-corrected chi connectivity index (χ4v) is 2.43. The standard InChI is InChI=1S/C18H27NO4/c1-3-5-12-18(16(20)21,13-6-4-2)19-17(22)23-14-15-10-8-7-9-11-15/h7-11H,3-6,12-14H2,1-2H3,(H,19,22)(H,20,21). The number of hydrogen-bond acceptors (Lipinski definition) is 3. The average molecular weight is 321 g/mol. The van der Waals surface area contributed by atoms with Gasteiger partial charge in [-0.3, -0.25) is 0 Å². The van der Waals surface area contributed by atoms with Crippen molar-refractivity contribution in [2.45, 2.75) is 64.5 Å². The van der Waals surface area contributed by atoms with Gasteiger partial charge in [-0.05, 0) is 18.4 Å². The van der Waals surface area contributed by atoms with Gasteiger partial charge < -0.3 is 15.2 Å². The summed E-state index contributed by atoms with van der Waals surface area (Å²) in [5, 5.41) is 12.3. The zero-order chi connectivity index (χ0) is 17.1. The molecule has 0 aliphatic rings. The molecule has 1 aromatic rings. The molecular formula is C18H27NO4. The highest BCUT2D eigenvalue weighted by atomic mass is 16.5. The van der Waals surface area contributed by atoms with Gasteiger partial charge >= 0.3 is 12.1 Å². The Morgan fingerprint density at radius 3 is 2.13 bits per heavy atom. The number of carbonyl (C=O) groups excluding carboxylic acids is 1. The third-order valence-corrected chi connectivity index (χ3v) is 3.88. The van der Waals surface area contributed by atoms with Crippen LogP contribution in [0.4, 0.5) is 4.79 Å².